The fourth-order valence-electron chi connectivity index (χ4n) is 1.22. The van der Waals surface area contributed by atoms with Crippen LogP contribution in [0.5, 0.6) is 11.5 Å². The molecule has 18 heavy (non-hydrogen) atoms. The standard InChI is InChI=1S/C11H9F2NO4/c1-2-17-10(16)7-3-6(5-14)9(4-8(7)15)18-11(12)13/h3-4,11,15H,2H2,1H3. The highest BCUT2D eigenvalue weighted by molar-refractivity contribution is 5.93. The van der Waals surface area contributed by atoms with Gasteiger partial charge in [-0.15, -0.1) is 0 Å². The van der Waals surface area contributed by atoms with Gasteiger partial charge < -0.3 is 14.6 Å². The number of nitrogens with zero attached hydrogens (tertiary/aromatic N) is 1. The molecule has 1 aromatic rings. The molecule has 7 heteroatoms. The van der Waals surface area contributed by atoms with Crippen LogP contribution in [-0.4, -0.2) is 24.3 Å². The largest absolute Gasteiger partial charge is 0.507 e. The van der Waals surface area contributed by atoms with Crippen molar-refractivity contribution >= 4 is 5.97 Å². The molecule has 0 aliphatic heterocycles. The first-order chi connectivity index (χ1) is 8.49. The minimum Gasteiger partial charge on any atom is -0.507 e. The van der Waals surface area contributed by atoms with E-state index < -0.39 is 24.1 Å². The molecule has 0 spiro atoms. The maximum absolute atomic E-state index is 12.0. The molecule has 1 N–H and O–H groups in total. The summed E-state index contributed by atoms with van der Waals surface area (Å²) >= 11 is 0. The molecule has 0 aliphatic rings. The van der Waals surface area contributed by atoms with E-state index >= 15 is 0 Å². The molecule has 96 valence electrons. The molecule has 0 fully saturated rings. The molecule has 1 rings (SSSR count). The first kappa shape index (κ1) is 13.7. The van der Waals surface area contributed by atoms with Crippen molar-refractivity contribution in [2.24, 2.45) is 0 Å². The maximum atomic E-state index is 12.0. The number of rotatable bonds is 4. The molecule has 0 saturated carbocycles. The van der Waals surface area contributed by atoms with Gasteiger partial charge in [-0.25, -0.2) is 4.79 Å². The van der Waals surface area contributed by atoms with E-state index in [2.05, 4.69) is 9.47 Å². The Morgan fingerprint density at radius 3 is 2.72 bits per heavy atom. The second-order valence-corrected chi connectivity index (χ2v) is 3.08. The van der Waals surface area contributed by atoms with Gasteiger partial charge in [0.25, 0.3) is 0 Å². The van der Waals surface area contributed by atoms with E-state index in [0.717, 1.165) is 12.1 Å². The minimum atomic E-state index is -3.13. The zero-order chi connectivity index (χ0) is 13.7. The van der Waals surface area contributed by atoms with Gasteiger partial charge in [0.2, 0.25) is 0 Å². The second kappa shape index (κ2) is 5.82. The molecule has 1 aromatic carbocycles. The Kier molecular flexibility index (Phi) is 4.43. The summed E-state index contributed by atoms with van der Waals surface area (Å²) < 4.78 is 32.8. The molecule has 0 amide bonds. The van der Waals surface area contributed by atoms with Crippen LogP contribution in [0.1, 0.15) is 22.8 Å². The van der Waals surface area contributed by atoms with Crippen LogP contribution in [0, 0.1) is 11.3 Å². The fraction of sp³-hybridized carbons (Fsp3) is 0.273. The quantitative estimate of drug-likeness (QED) is 0.835. The third-order valence-electron chi connectivity index (χ3n) is 1.93. The van der Waals surface area contributed by atoms with Gasteiger partial charge in [-0.3, -0.25) is 0 Å². The van der Waals surface area contributed by atoms with Crippen LogP contribution in [0.2, 0.25) is 0 Å². The number of hydrogen-bond acceptors (Lipinski definition) is 5. The van der Waals surface area contributed by atoms with Crippen molar-refractivity contribution in [1.82, 2.24) is 0 Å². The first-order valence-electron chi connectivity index (χ1n) is 4.88. The van der Waals surface area contributed by atoms with E-state index in [1.807, 2.05) is 0 Å². The number of hydrogen-bond donors (Lipinski definition) is 1. The Hall–Kier alpha value is -2.36. The number of halogens is 2. The number of alkyl halides is 2. The number of aromatic hydroxyl groups is 1. The van der Waals surface area contributed by atoms with Crippen LogP contribution in [0.3, 0.4) is 0 Å². The highest BCUT2D eigenvalue weighted by atomic mass is 19.3. The molecule has 0 radical (unpaired) electrons. The van der Waals surface area contributed by atoms with E-state index in [0.29, 0.717) is 0 Å². The smallest absolute Gasteiger partial charge is 0.387 e. The zero-order valence-electron chi connectivity index (χ0n) is 9.31. The molecule has 0 saturated heterocycles. The summed E-state index contributed by atoms with van der Waals surface area (Å²) in [5, 5.41) is 18.2. The number of carbonyl (C=O) groups is 1. The Morgan fingerprint density at radius 1 is 1.56 bits per heavy atom. The highest BCUT2D eigenvalue weighted by Crippen LogP contribution is 2.29. The van der Waals surface area contributed by atoms with Gasteiger partial charge in [0.15, 0.2) is 0 Å². The van der Waals surface area contributed by atoms with Gasteiger partial charge in [0, 0.05) is 6.07 Å². The molecular formula is C11H9F2NO4. The van der Waals surface area contributed by atoms with Crippen molar-refractivity contribution in [2.75, 3.05) is 6.61 Å². The van der Waals surface area contributed by atoms with Gasteiger partial charge in [0.1, 0.15) is 23.1 Å². The summed E-state index contributed by atoms with van der Waals surface area (Å²) in [5.74, 6) is -1.95. The normalized spacial score (nSPS) is 9.94. The SMILES string of the molecule is CCOC(=O)c1cc(C#N)c(OC(F)F)cc1O. The number of esters is 1. The van der Waals surface area contributed by atoms with Crippen molar-refractivity contribution in [1.29, 1.82) is 5.26 Å². The zero-order valence-corrected chi connectivity index (χ0v) is 9.31. The van der Waals surface area contributed by atoms with Crippen LogP contribution in [0.15, 0.2) is 12.1 Å². The van der Waals surface area contributed by atoms with Gasteiger partial charge in [-0.2, -0.15) is 14.0 Å². The number of nitriles is 1. The number of carbonyl (C=O) groups excluding carboxylic acids is 1. The molecule has 0 heterocycles. The van der Waals surface area contributed by atoms with E-state index in [4.69, 9.17) is 5.26 Å². The van der Waals surface area contributed by atoms with Gasteiger partial charge in [-0.05, 0) is 13.0 Å². The summed E-state index contributed by atoms with van der Waals surface area (Å²) in [5.41, 5.74) is -0.578. The number of benzene rings is 1. The van der Waals surface area contributed by atoms with Crippen molar-refractivity contribution in [3.63, 3.8) is 0 Å². The van der Waals surface area contributed by atoms with Crippen LogP contribution in [0.4, 0.5) is 8.78 Å². The maximum Gasteiger partial charge on any atom is 0.387 e. The van der Waals surface area contributed by atoms with Gasteiger partial charge >= 0.3 is 12.6 Å². The Bertz CT molecular complexity index is 497. The Morgan fingerprint density at radius 2 is 2.22 bits per heavy atom. The van der Waals surface area contributed by atoms with E-state index in [-0.39, 0.29) is 17.7 Å². The minimum absolute atomic E-state index is 0.0788. The lowest BCUT2D eigenvalue weighted by atomic mass is 10.1. The summed E-state index contributed by atoms with van der Waals surface area (Å²) in [6.45, 7) is -1.49. The predicted molar refractivity (Wildman–Crippen MR) is 55.4 cm³/mol. The Balaban J connectivity index is 3.19. The van der Waals surface area contributed by atoms with Gasteiger partial charge in [-0.1, -0.05) is 0 Å². The molecule has 0 bridgehead atoms. The third-order valence-corrected chi connectivity index (χ3v) is 1.93. The summed E-state index contributed by atoms with van der Waals surface area (Å²) in [6, 6.07) is 3.30. The molecule has 5 nitrogen and oxygen atoms in total. The van der Waals surface area contributed by atoms with Crippen molar-refractivity contribution in [2.45, 2.75) is 13.5 Å². The average molecular weight is 257 g/mol. The van der Waals surface area contributed by atoms with Gasteiger partial charge in [0.05, 0.1) is 12.2 Å². The topological polar surface area (TPSA) is 79.6 Å². The van der Waals surface area contributed by atoms with Crippen LogP contribution >= 0.6 is 0 Å². The first-order valence-corrected chi connectivity index (χ1v) is 4.88. The molecule has 0 aliphatic carbocycles. The van der Waals surface area contributed by atoms with Crippen molar-refractivity contribution in [3.05, 3.63) is 23.3 Å². The number of ether oxygens (including phenoxy) is 2. The highest BCUT2D eigenvalue weighted by Gasteiger charge is 2.18. The monoisotopic (exact) mass is 257 g/mol. The summed E-state index contributed by atoms with van der Waals surface area (Å²) in [7, 11) is 0. The average Bonchev–Trinajstić information content (AvgIpc) is 2.28. The fourth-order valence-corrected chi connectivity index (χ4v) is 1.22. The molecule has 0 aromatic heterocycles. The van der Waals surface area contributed by atoms with Crippen LogP contribution in [0.25, 0.3) is 0 Å². The lowest BCUT2D eigenvalue weighted by Gasteiger charge is -2.09. The van der Waals surface area contributed by atoms with Crippen LogP contribution < -0.4 is 4.74 Å². The van der Waals surface area contributed by atoms with Crippen molar-refractivity contribution in [3.8, 4) is 17.6 Å². The Labute approximate surface area is 101 Å². The lowest BCUT2D eigenvalue weighted by Crippen LogP contribution is -2.08. The molecule has 0 unspecified atom stereocenters. The second-order valence-electron chi connectivity index (χ2n) is 3.08. The van der Waals surface area contributed by atoms with Crippen molar-refractivity contribution < 1.29 is 28.2 Å². The third kappa shape index (κ3) is 3.07. The van der Waals surface area contributed by atoms with E-state index in [1.54, 1.807) is 13.0 Å². The van der Waals surface area contributed by atoms with E-state index in [9.17, 15) is 18.7 Å². The van der Waals surface area contributed by atoms with Crippen LogP contribution in [-0.2, 0) is 4.74 Å². The summed E-state index contributed by atoms with van der Waals surface area (Å²) in [4.78, 5) is 11.4. The van der Waals surface area contributed by atoms with E-state index in [1.165, 1.54) is 0 Å². The lowest BCUT2D eigenvalue weighted by molar-refractivity contribution is -0.0501. The summed E-state index contributed by atoms with van der Waals surface area (Å²) in [6.07, 6.45) is 0. The molecular weight excluding hydrogens is 248 g/mol. The number of phenols is 1. The number of phenolic OH excluding ortho intramolecular Hbond substituents is 1. The predicted octanol–water partition coefficient (Wildman–Crippen LogP) is 2.04. The molecule has 0 atom stereocenters.